The van der Waals surface area contributed by atoms with E-state index in [4.69, 9.17) is 5.73 Å². The maximum atomic E-state index is 5.83. The minimum absolute atomic E-state index is 0.612. The van der Waals surface area contributed by atoms with Gasteiger partial charge in [-0.3, -0.25) is 4.99 Å². The summed E-state index contributed by atoms with van der Waals surface area (Å²) in [5.41, 5.74) is 5.83. The highest BCUT2D eigenvalue weighted by Crippen LogP contribution is 2.15. The van der Waals surface area contributed by atoms with Crippen LogP contribution in [0.1, 0.15) is 33.6 Å². The van der Waals surface area contributed by atoms with Crippen molar-refractivity contribution in [2.24, 2.45) is 22.6 Å². The lowest BCUT2D eigenvalue weighted by Crippen LogP contribution is -2.33. The third-order valence-electron chi connectivity index (χ3n) is 3.36. The van der Waals surface area contributed by atoms with Gasteiger partial charge in [-0.15, -0.1) is 0 Å². The molecule has 0 amide bonds. The molecule has 0 aliphatic carbocycles. The van der Waals surface area contributed by atoms with Crippen LogP contribution in [-0.2, 0) is 0 Å². The molecule has 4 heteroatoms. The molecular weight excluding hydrogens is 212 g/mol. The lowest BCUT2D eigenvalue weighted by atomic mass is 10.1. The van der Waals surface area contributed by atoms with E-state index in [1.54, 1.807) is 0 Å². The van der Waals surface area contributed by atoms with Crippen molar-refractivity contribution in [3.63, 3.8) is 0 Å². The van der Waals surface area contributed by atoms with Gasteiger partial charge in [0.1, 0.15) is 0 Å². The summed E-state index contributed by atoms with van der Waals surface area (Å²) < 4.78 is 0. The summed E-state index contributed by atoms with van der Waals surface area (Å²) in [5, 5.41) is 3.18. The van der Waals surface area contributed by atoms with Gasteiger partial charge in [-0.2, -0.15) is 0 Å². The number of nitrogens with one attached hydrogen (secondary N) is 1. The molecule has 100 valence electrons. The molecule has 1 atom stereocenters. The van der Waals surface area contributed by atoms with E-state index < -0.39 is 0 Å². The van der Waals surface area contributed by atoms with Gasteiger partial charge in [0.05, 0.1) is 0 Å². The fraction of sp³-hybridized carbons (Fsp3) is 0.923. The highest BCUT2D eigenvalue weighted by molar-refractivity contribution is 5.77. The van der Waals surface area contributed by atoms with Crippen LogP contribution in [0.15, 0.2) is 4.99 Å². The van der Waals surface area contributed by atoms with Crippen molar-refractivity contribution in [2.75, 3.05) is 32.7 Å². The molecule has 1 saturated heterocycles. The minimum Gasteiger partial charge on any atom is -0.370 e. The SMILES string of the molecule is CCN1CCC(CN=C(N)NCCC(C)C)C1. The average Bonchev–Trinajstić information content (AvgIpc) is 2.73. The molecule has 0 bridgehead atoms. The predicted octanol–water partition coefficient (Wildman–Crippen LogP) is 1.28. The number of nitrogens with zero attached hydrogens (tertiary/aromatic N) is 2. The van der Waals surface area contributed by atoms with E-state index in [1.165, 1.54) is 19.5 Å². The Kier molecular flexibility index (Phi) is 6.34. The second kappa shape index (κ2) is 7.54. The number of aliphatic imine (C=N–C) groups is 1. The molecule has 17 heavy (non-hydrogen) atoms. The van der Waals surface area contributed by atoms with Crippen molar-refractivity contribution in [2.45, 2.75) is 33.6 Å². The van der Waals surface area contributed by atoms with Crippen LogP contribution in [0, 0.1) is 11.8 Å². The maximum Gasteiger partial charge on any atom is 0.188 e. The van der Waals surface area contributed by atoms with Gasteiger partial charge in [-0.25, -0.2) is 0 Å². The van der Waals surface area contributed by atoms with Crippen molar-refractivity contribution in [3.05, 3.63) is 0 Å². The fourth-order valence-corrected chi connectivity index (χ4v) is 2.12. The van der Waals surface area contributed by atoms with E-state index in [9.17, 15) is 0 Å². The summed E-state index contributed by atoms with van der Waals surface area (Å²) in [6, 6.07) is 0. The van der Waals surface area contributed by atoms with Gasteiger partial charge in [0, 0.05) is 19.6 Å². The van der Waals surface area contributed by atoms with Crippen LogP contribution in [-0.4, -0.2) is 43.6 Å². The van der Waals surface area contributed by atoms with Crippen LogP contribution in [0.2, 0.25) is 0 Å². The second-order valence-electron chi connectivity index (χ2n) is 5.38. The van der Waals surface area contributed by atoms with E-state index in [0.717, 1.165) is 26.1 Å². The summed E-state index contributed by atoms with van der Waals surface area (Å²) in [4.78, 5) is 6.90. The first kappa shape index (κ1) is 14.3. The number of nitrogens with two attached hydrogens (primary N) is 1. The molecule has 0 aromatic carbocycles. The highest BCUT2D eigenvalue weighted by atomic mass is 15.1. The topological polar surface area (TPSA) is 53.6 Å². The fourth-order valence-electron chi connectivity index (χ4n) is 2.12. The molecule has 1 aliphatic heterocycles. The van der Waals surface area contributed by atoms with Crippen LogP contribution < -0.4 is 11.1 Å². The molecule has 0 spiro atoms. The number of rotatable bonds is 6. The Hall–Kier alpha value is -0.770. The predicted molar refractivity (Wildman–Crippen MR) is 74.2 cm³/mol. The molecule has 0 aromatic rings. The lowest BCUT2D eigenvalue weighted by Gasteiger charge is -2.12. The third-order valence-corrected chi connectivity index (χ3v) is 3.36. The van der Waals surface area contributed by atoms with E-state index in [0.29, 0.717) is 17.8 Å². The van der Waals surface area contributed by atoms with Gasteiger partial charge in [-0.1, -0.05) is 20.8 Å². The van der Waals surface area contributed by atoms with Crippen LogP contribution in [0.5, 0.6) is 0 Å². The van der Waals surface area contributed by atoms with Crippen molar-refractivity contribution in [1.29, 1.82) is 0 Å². The average molecular weight is 240 g/mol. The van der Waals surface area contributed by atoms with Gasteiger partial charge in [0.2, 0.25) is 0 Å². The number of hydrogen-bond acceptors (Lipinski definition) is 2. The summed E-state index contributed by atoms with van der Waals surface area (Å²) in [5.74, 6) is 2.02. The van der Waals surface area contributed by atoms with Crippen LogP contribution in [0.3, 0.4) is 0 Å². The van der Waals surface area contributed by atoms with Gasteiger partial charge >= 0.3 is 0 Å². The molecule has 4 nitrogen and oxygen atoms in total. The maximum absolute atomic E-state index is 5.83. The first-order chi connectivity index (χ1) is 8.11. The molecule has 1 fully saturated rings. The van der Waals surface area contributed by atoms with Gasteiger partial charge in [0.15, 0.2) is 5.96 Å². The summed E-state index contributed by atoms with van der Waals surface area (Å²) in [7, 11) is 0. The number of hydrogen-bond donors (Lipinski definition) is 2. The van der Waals surface area contributed by atoms with Crippen LogP contribution in [0.4, 0.5) is 0 Å². The van der Waals surface area contributed by atoms with Crippen LogP contribution >= 0.6 is 0 Å². The molecule has 0 radical (unpaired) electrons. The zero-order valence-corrected chi connectivity index (χ0v) is 11.6. The lowest BCUT2D eigenvalue weighted by molar-refractivity contribution is 0.343. The van der Waals surface area contributed by atoms with Gasteiger partial charge in [0.25, 0.3) is 0 Å². The molecule has 0 aromatic heterocycles. The quantitative estimate of drug-likeness (QED) is 0.543. The number of likely N-dealkylation sites (tertiary alicyclic amines) is 1. The van der Waals surface area contributed by atoms with E-state index in [1.807, 2.05) is 0 Å². The van der Waals surface area contributed by atoms with Gasteiger partial charge in [-0.05, 0) is 37.8 Å². The van der Waals surface area contributed by atoms with Crippen molar-refractivity contribution in [3.8, 4) is 0 Å². The summed E-state index contributed by atoms with van der Waals surface area (Å²) >= 11 is 0. The van der Waals surface area contributed by atoms with E-state index in [2.05, 4.69) is 36.0 Å². The van der Waals surface area contributed by atoms with Crippen molar-refractivity contribution >= 4 is 5.96 Å². The highest BCUT2D eigenvalue weighted by Gasteiger charge is 2.20. The standard InChI is InChI=1S/C13H28N4/c1-4-17-8-6-12(10-17)9-16-13(14)15-7-5-11(2)3/h11-12H,4-10H2,1-3H3,(H3,14,15,16). The largest absolute Gasteiger partial charge is 0.370 e. The Labute approximate surface area is 106 Å². The minimum atomic E-state index is 0.612. The second-order valence-corrected chi connectivity index (χ2v) is 5.38. The van der Waals surface area contributed by atoms with Crippen molar-refractivity contribution < 1.29 is 0 Å². The molecule has 1 unspecified atom stereocenters. The Morgan fingerprint density at radius 3 is 2.88 bits per heavy atom. The molecule has 1 aliphatic rings. The molecule has 1 rings (SSSR count). The third kappa shape index (κ3) is 5.91. The first-order valence-electron chi connectivity index (χ1n) is 6.88. The van der Waals surface area contributed by atoms with Crippen molar-refractivity contribution in [1.82, 2.24) is 10.2 Å². The summed E-state index contributed by atoms with van der Waals surface area (Å²) in [6.07, 6.45) is 2.40. The normalized spacial score (nSPS) is 22.4. The van der Waals surface area contributed by atoms with Crippen LogP contribution in [0.25, 0.3) is 0 Å². The number of guanidine groups is 1. The molecule has 3 N–H and O–H groups in total. The summed E-state index contributed by atoms with van der Waals surface area (Å²) in [6.45, 7) is 12.0. The van der Waals surface area contributed by atoms with E-state index in [-0.39, 0.29) is 0 Å². The molecular formula is C13H28N4. The first-order valence-corrected chi connectivity index (χ1v) is 6.88. The zero-order chi connectivity index (χ0) is 12.7. The molecule has 1 heterocycles. The van der Waals surface area contributed by atoms with E-state index >= 15 is 0 Å². The smallest absolute Gasteiger partial charge is 0.188 e. The zero-order valence-electron chi connectivity index (χ0n) is 11.6. The van der Waals surface area contributed by atoms with Gasteiger partial charge < -0.3 is 16.0 Å². The molecule has 0 saturated carbocycles. The Morgan fingerprint density at radius 1 is 1.53 bits per heavy atom. The monoisotopic (exact) mass is 240 g/mol. The Morgan fingerprint density at radius 2 is 2.29 bits per heavy atom. The Balaban J connectivity index is 2.15. The Bertz CT molecular complexity index is 238.